The van der Waals surface area contributed by atoms with Crippen LogP contribution >= 0.6 is 11.3 Å². The molecule has 0 saturated heterocycles. The Morgan fingerprint density at radius 1 is 1.16 bits per heavy atom. The number of imidazole rings is 2. The lowest BCUT2D eigenvalue weighted by molar-refractivity contribution is -0.120. The summed E-state index contributed by atoms with van der Waals surface area (Å²) in [6.07, 6.45) is 9.65. The number of amides is 1. The van der Waals surface area contributed by atoms with Crippen molar-refractivity contribution >= 4 is 22.2 Å². The Balaban J connectivity index is 1.29. The SMILES string of the molecule is O=C(Cc1cn2ccsc2n1)NCc1ccc(Cn2ccnc2)cc1. The summed E-state index contributed by atoms with van der Waals surface area (Å²) in [7, 11) is 0. The van der Waals surface area contributed by atoms with E-state index in [1.807, 2.05) is 45.1 Å². The summed E-state index contributed by atoms with van der Waals surface area (Å²) in [4.78, 5) is 21.5. The predicted molar refractivity (Wildman–Crippen MR) is 96.4 cm³/mol. The zero-order valence-corrected chi connectivity index (χ0v) is 14.3. The van der Waals surface area contributed by atoms with Crippen LogP contribution in [-0.4, -0.2) is 24.8 Å². The zero-order valence-electron chi connectivity index (χ0n) is 13.5. The Morgan fingerprint density at radius 3 is 2.76 bits per heavy atom. The maximum absolute atomic E-state index is 12.1. The standard InChI is InChI=1S/C18H17N5OS/c24-17(9-16-12-23-7-8-25-18(23)21-16)20-10-14-1-3-15(4-2-14)11-22-6-5-19-13-22/h1-8,12-13H,9-11H2,(H,20,24). The molecule has 0 saturated carbocycles. The molecule has 126 valence electrons. The average molecular weight is 351 g/mol. The summed E-state index contributed by atoms with van der Waals surface area (Å²) in [5.74, 6) is -0.0201. The molecule has 0 bridgehead atoms. The predicted octanol–water partition coefficient (Wildman–Crippen LogP) is 2.50. The fraction of sp³-hybridized carbons (Fsp3) is 0.167. The van der Waals surface area contributed by atoms with E-state index < -0.39 is 0 Å². The summed E-state index contributed by atoms with van der Waals surface area (Å²) in [5.41, 5.74) is 3.07. The van der Waals surface area contributed by atoms with Crippen LogP contribution in [0.15, 0.2) is 60.8 Å². The van der Waals surface area contributed by atoms with Crippen LogP contribution in [0.5, 0.6) is 0 Å². The van der Waals surface area contributed by atoms with E-state index in [0.717, 1.165) is 22.8 Å². The monoisotopic (exact) mass is 351 g/mol. The molecule has 1 amide bonds. The number of nitrogens with zero attached hydrogens (tertiary/aromatic N) is 4. The molecule has 0 atom stereocenters. The van der Waals surface area contributed by atoms with Crippen molar-refractivity contribution in [1.82, 2.24) is 24.3 Å². The highest BCUT2D eigenvalue weighted by atomic mass is 32.1. The molecular weight excluding hydrogens is 334 g/mol. The van der Waals surface area contributed by atoms with E-state index in [1.165, 1.54) is 5.56 Å². The van der Waals surface area contributed by atoms with Crippen molar-refractivity contribution in [3.63, 3.8) is 0 Å². The molecule has 0 aliphatic rings. The van der Waals surface area contributed by atoms with Gasteiger partial charge in [-0.3, -0.25) is 9.20 Å². The largest absolute Gasteiger partial charge is 0.352 e. The maximum Gasteiger partial charge on any atom is 0.226 e. The average Bonchev–Trinajstić information content (AvgIpc) is 3.32. The molecule has 0 fully saturated rings. The van der Waals surface area contributed by atoms with Gasteiger partial charge in [-0.25, -0.2) is 9.97 Å². The van der Waals surface area contributed by atoms with Crippen LogP contribution in [0.3, 0.4) is 0 Å². The number of benzene rings is 1. The lowest BCUT2D eigenvalue weighted by Gasteiger charge is -2.06. The van der Waals surface area contributed by atoms with Crippen LogP contribution in [0.2, 0.25) is 0 Å². The van der Waals surface area contributed by atoms with Gasteiger partial charge in [0.05, 0.1) is 18.4 Å². The molecule has 3 heterocycles. The molecule has 0 aliphatic heterocycles. The number of hydrogen-bond acceptors (Lipinski definition) is 4. The molecular formula is C18H17N5OS. The van der Waals surface area contributed by atoms with Gasteiger partial charge in [0.25, 0.3) is 0 Å². The first kappa shape index (κ1) is 15.6. The van der Waals surface area contributed by atoms with Crippen molar-refractivity contribution < 1.29 is 4.79 Å². The van der Waals surface area contributed by atoms with E-state index in [9.17, 15) is 4.79 Å². The van der Waals surface area contributed by atoms with Crippen molar-refractivity contribution in [3.8, 4) is 0 Å². The van der Waals surface area contributed by atoms with Gasteiger partial charge in [-0.2, -0.15) is 0 Å². The normalized spacial score (nSPS) is 11.0. The quantitative estimate of drug-likeness (QED) is 0.580. The van der Waals surface area contributed by atoms with Crippen LogP contribution in [0.1, 0.15) is 16.8 Å². The van der Waals surface area contributed by atoms with Crippen molar-refractivity contribution in [1.29, 1.82) is 0 Å². The molecule has 0 spiro atoms. The van der Waals surface area contributed by atoms with E-state index in [0.29, 0.717) is 13.0 Å². The minimum Gasteiger partial charge on any atom is -0.352 e. The lowest BCUT2D eigenvalue weighted by atomic mass is 10.1. The van der Waals surface area contributed by atoms with Crippen molar-refractivity contribution in [2.24, 2.45) is 0 Å². The van der Waals surface area contributed by atoms with Gasteiger partial charge < -0.3 is 9.88 Å². The Bertz CT molecular complexity index is 940. The minimum absolute atomic E-state index is 0.0201. The third-order valence-electron chi connectivity index (χ3n) is 3.92. The summed E-state index contributed by atoms with van der Waals surface area (Å²) >= 11 is 1.56. The molecule has 25 heavy (non-hydrogen) atoms. The second-order valence-electron chi connectivity index (χ2n) is 5.83. The Labute approximate surface area is 148 Å². The van der Waals surface area contributed by atoms with Gasteiger partial charge in [0.2, 0.25) is 5.91 Å². The smallest absolute Gasteiger partial charge is 0.226 e. The van der Waals surface area contributed by atoms with Gasteiger partial charge in [0.1, 0.15) is 0 Å². The van der Waals surface area contributed by atoms with Crippen molar-refractivity contribution in [2.45, 2.75) is 19.5 Å². The van der Waals surface area contributed by atoms with Crippen LogP contribution in [-0.2, 0) is 24.3 Å². The van der Waals surface area contributed by atoms with Crippen LogP contribution < -0.4 is 5.32 Å². The molecule has 3 aromatic heterocycles. The molecule has 0 radical (unpaired) electrons. The lowest BCUT2D eigenvalue weighted by Crippen LogP contribution is -2.24. The fourth-order valence-electron chi connectivity index (χ4n) is 2.64. The molecule has 6 nitrogen and oxygen atoms in total. The fourth-order valence-corrected chi connectivity index (χ4v) is 3.36. The highest BCUT2D eigenvalue weighted by Gasteiger charge is 2.08. The second kappa shape index (κ2) is 6.90. The van der Waals surface area contributed by atoms with E-state index in [4.69, 9.17) is 0 Å². The number of nitrogens with one attached hydrogen (secondary N) is 1. The first-order valence-corrected chi connectivity index (χ1v) is 8.85. The Kier molecular flexibility index (Phi) is 4.30. The van der Waals surface area contributed by atoms with Crippen LogP contribution in [0.25, 0.3) is 4.96 Å². The van der Waals surface area contributed by atoms with Gasteiger partial charge in [0, 0.05) is 43.3 Å². The first-order valence-electron chi connectivity index (χ1n) is 7.97. The molecule has 0 aliphatic carbocycles. The van der Waals surface area contributed by atoms with Gasteiger partial charge in [0.15, 0.2) is 4.96 Å². The summed E-state index contributed by atoms with van der Waals surface area (Å²) in [6, 6.07) is 8.23. The number of rotatable bonds is 6. The van der Waals surface area contributed by atoms with Crippen LogP contribution in [0, 0.1) is 0 Å². The number of carbonyl (C=O) groups is 1. The van der Waals surface area contributed by atoms with E-state index in [-0.39, 0.29) is 5.91 Å². The minimum atomic E-state index is -0.0201. The van der Waals surface area contributed by atoms with E-state index >= 15 is 0 Å². The van der Waals surface area contributed by atoms with Gasteiger partial charge in [-0.05, 0) is 11.1 Å². The second-order valence-corrected chi connectivity index (χ2v) is 6.70. The molecule has 0 unspecified atom stereocenters. The third kappa shape index (κ3) is 3.77. The van der Waals surface area contributed by atoms with Gasteiger partial charge in [-0.1, -0.05) is 24.3 Å². The maximum atomic E-state index is 12.1. The Hall–Kier alpha value is -2.93. The summed E-state index contributed by atoms with van der Waals surface area (Å²) < 4.78 is 3.96. The number of carbonyl (C=O) groups excluding carboxylic acids is 1. The van der Waals surface area contributed by atoms with Crippen molar-refractivity contribution in [2.75, 3.05) is 0 Å². The highest BCUT2D eigenvalue weighted by Crippen LogP contribution is 2.12. The van der Waals surface area contributed by atoms with Crippen LogP contribution in [0.4, 0.5) is 0 Å². The topological polar surface area (TPSA) is 64.2 Å². The van der Waals surface area contributed by atoms with Gasteiger partial charge >= 0.3 is 0 Å². The molecule has 4 rings (SSSR count). The number of hydrogen-bond donors (Lipinski definition) is 1. The third-order valence-corrected chi connectivity index (χ3v) is 4.69. The van der Waals surface area contributed by atoms with E-state index in [1.54, 1.807) is 23.9 Å². The molecule has 1 aromatic carbocycles. The van der Waals surface area contributed by atoms with Gasteiger partial charge in [-0.15, -0.1) is 11.3 Å². The zero-order chi connectivity index (χ0) is 17.1. The first-order chi connectivity index (χ1) is 12.3. The summed E-state index contributed by atoms with van der Waals surface area (Å²) in [6.45, 7) is 1.32. The van der Waals surface area contributed by atoms with E-state index in [2.05, 4.69) is 27.4 Å². The van der Waals surface area contributed by atoms with Crippen molar-refractivity contribution in [3.05, 3.63) is 77.6 Å². The highest BCUT2D eigenvalue weighted by molar-refractivity contribution is 7.15. The number of thiazole rings is 1. The molecule has 4 aromatic rings. The Morgan fingerprint density at radius 2 is 2.00 bits per heavy atom. The number of fused-ring (bicyclic) bond motifs is 1. The molecule has 1 N–H and O–H groups in total. The summed E-state index contributed by atoms with van der Waals surface area (Å²) in [5, 5.41) is 4.92. The number of aromatic nitrogens is 4. The molecule has 7 heteroatoms.